The molecule has 1 aliphatic rings. The van der Waals surface area contributed by atoms with E-state index < -0.39 is 6.10 Å². The van der Waals surface area contributed by atoms with Gasteiger partial charge in [0.05, 0.1) is 6.10 Å². The maximum absolute atomic E-state index is 10.4. The molecule has 2 rings (SSSR count). The van der Waals surface area contributed by atoms with Gasteiger partial charge in [-0.3, -0.25) is 0 Å². The molecule has 0 spiro atoms. The van der Waals surface area contributed by atoms with Gasteiger partial charge in [0.25, 0.3) is 0 Å². The molecule has 1 aromatic rings. The maximum Gasteiger partial charge on any atom is 0.0830 e. The fourth-order valence-electron chi connectivity index (χ4n) is 2.78. The van der Waals surface area contributed by atoms with Crippen LogP contribution in [0.3, 0.4) is 0 Å². The zero-order valence-corrected chi connectivity index (χ0v) is 11.4. The third kappa shape index (κ3) is 2.52. The zero-order chi connectivity index (χ0) is 13.1. The van der Waals surface area contributed by atoms with E-state index in [2.05, 4.69) is 31.0 Å². The predicted molar refractivity (Wildman–Crippen MR) is 75.8 cm³/mol. The first-order chi connectivity index (χ1) is 8.67. The smallest absolute Gasteiger partial charge is 0.0830 e. The van der Waals surface area contributed by atoms with Gasteiger partial charge < -0.3 is 15.7 Å². The monoisotopic (exact) mass is 248 g/mol. The Hall–Kier alpha value is -1.06. The molecule has 0 aromatic heterocycles. The highest BCUT2D eigenvalue weighted by Crippen LogP contribution is 2.31. The van der Waals surface area contributed by atoms with Crippen LogP contribution in [0.1, 0.15) is 37.0 Å². The standard InChI is InChI=1S/C15H24N2O/c1-3-11(10-16)15(18)13-6-7-14-12(9-13)5-4-8-17(14)2/h6-7,9,11,15,18H,3-5,8,10,16H2,1-2H3. The van der Waals surface area contributed by atoms with Crippen molar-refractivity contribution in [1.82, 2.24) is 0 Å². The van der Waals surface area contributed by atoms with Crippen molar-refractivity contribution in [3.8, 4) is 0 Å². The van der Waals surface area contributed by atoms with E-state index >= 15 is 0 Å². The Morgan fingerprint density at radius 3 is 2.89 bits per heavy atom. The summed E-state index contributed by atoms with van der Waals surface area (Å²) in [7, 11) is 2.13. The second-order valence-electron chi connectivity index (χ2n) is 5.26. The van der Waals surface area contributed by atoms with Crippen LogP contribution in [0.25, 0.3) is 0 Å². The maximum atomic E-state index is 10.4. The average Bonchev–Trinajstić information content (AvgIpc) is 2.40. The second-order valence-corrected chi connectivity index (χ2v) is 5.26. The molecule has 0 radical (unpaired) electrons. The largest absolute Gasteiger partial charge is 0.388 e. The molecule has 100 valence electrons. The van der Waals surface area contributed by atoms with E-state index in [4.69, 9.17) is 5.73 Å². The summed E-state index contributed by atoms with van der Waals surface area (Å²) in [5.41, 5.74) is 9.39. The van der Waals surface area contributed by atoms with Crippen molar-refractivity contribution in [3.63, 3.8) is 0 Å². The van der Waals surface area contributed by atoms with Crippen LogP contribution in [-0.4, -0.2) is 25.2 Å². The van der Waals surface area contributed by atoms with Gasteiger partial charge in [-0.2, -0.15) is 0 Å². The summed E-state index contributed by atoms with van der Waals surface area (Å²) < 4.78 is 0. The van der Waals surface area contributed by atoms with Gasteiger partial charge in [0, 0.05) is 25.2 Å². The Bertz CT molecular complexity index is 401. The second kappa shape index (κ2) is 5.72. The number of anilines is 1. The molecule has 2 atom stereocenters. The van der Waals surface area contributed by atoms with Gasteiger partial charge in [-0.05, 0) is 43.0 Å². The Labute approximate surface area is 110 Å². The number of hydrogen-bond acceptors (Lipinski definition) is 3. The van der Waals surface area contributed by atoms with Gasteiger partial charge in [0.15, 0.2) is 0 Å². The molecule has 0 saturated carbocycles. The van der Waals surface area contributed by atoms with Gasteiger partial charge in [0.1, 0.15) is 0 Å². The highest BCUT2D eigenvalue weighted by atomic mass is 16.3. The molecule has 3 N–H and O–H groups in total. The minimum atomic E-state index is -0.433. The zero-order valence-electron chi connectivity index (χ0n) is 11.4. The van der Waals surface area contributed by atoms with E-state index in [-0.39, 0.29) is 5.92 Å². The fraction of sp³-hybridized carbons (Fsp3) is 0.600. The third-order valence-corrected chi connectivity index (χ3v) is 4.07. The summed E-state index contributed by atoms with van der Waals surface area (Å²) in [6.45, 7) is 3.73. The van der Waals surface area contributed by atoms with Crippen molar-refractivity contribution in [2.24, 2.45) is 11.7 Å². The summed E-state index contributed by atoms with van der Waals surface area (Å²) in [5.74, 6) is 0.157. The van der Waals surface area contributed by atoms with E-state index in [9.17, 15) is 5.11 Å². The number of benzene rings is 1. The Morgan fingerprint density at radius 2 is 2.22 bits per heavy atom. The number of nitrogens with two attached hydrogens (primary N) is 1. The molecule has 2 unspecified atom stereocenters. The predicted octanol–water partition coefficient (Wildman–Crippen LogP) is 2.09. The van der Waals surface area contributed by atoms with Crippen molar-refractivity contribution in [1.29, 1.82) is 0 Å². The number of hydrogen-bond donors (Lipinski definition) is 2. The van der Waals surface area contributed by atoms with Crippen LogP contribution in [0.15, 0.2) is 18.2 Å². The van der Waals surface area contributed by atoms with Crippen LogP contribution in [0.5, 0.6) is 0 Å². The Balaban J connectivity index is 2.25. The number of aliphatic hydroxyl groups is 1. The van der Waals surface area contributed by atoms with Gasteiger partial charge in [-0.1, -0.05) is 19.1 Å². The average molecular weight is 248 g/mol. The summed E-state index contributed by atoms with van der Waals surface area (Å²) in [4.78, 5) is 2.29. The molecular formula is C15H24N2O. The molecule has 1 heterocycles. The first-order valence-corrected chi connectivity index (χ1v) is 6.89. The van der Waals surface area contributed by atoms with E-state index in [0.717, 1.165) is 24.9 Å². The number of fused-ring (bicyclic) bond motifs is 1. The van der Waals surface area contributed by atoms with Gasteiger partial charge >= 0.3 is 0 Å². The SMILES string of the molecule is CCC(CN)C(O)c1ccc2c(c1)CCCN2C. The summed E-state index contributed by atoms with van der Waals surface area (Å²) >= 11 is 0. The van der Waals surface area contributed by atoms with Crippen LogP contribution in [0.2, 0.25) is 0 Å². The molecule has 3 heteroatoms. The van der Waals surface area contributed by atoms with Crippen molar-refractivity contribution in [2.75, 3.05) is 25.0 Å². The molecule has 0 aliphatic carbocycles. The third-order valence-electron chi connectivity index (χ3n) is 4.07. The van der Waals surface area contributed by atoms with Crippen LogP contribution >= 0.6 is 0 Å². The Kier molecular flexibility index (Phi) is 4.25. The topological polar surface area (TPSA) is 49.5 Å². The molecule has 0 amide bonds. The van der Waals surface area contributed by atoms with E-state index in [1.807, 2.05) is 6.07 Å². The summed E-state index contributed by atoms with van der Waals surface area (Å²) in [6.07, 6.45) is 2.78. The molecule has 1 aliphatic heterocycles. The Morgan fingerprint density at radius 1 is 1.44 bits per heavy atom. The van der Waals surface area contributed by atoms with Gasteiger partial charge in [-0.25, -0.2) is 0 Å². The summed E-state index contributed by atoms with van der Waals surface area (Å²) in [6, 6.07) is 6.34. The minimum Gasteiger partial charge on any atom is -0.388 e. The fourth-order valence-corrected chi connectivity index (χ4v) is 2.78. The van der Waals surface area contributed by atoms with Gasteiger partial charge in [0.2, 0.25) is 0 Å². The van der Waals surface area contributed by atoms with Crippen LogP contribution in [0, 0.1) is 5.92 Å². The van der Waals surface area contributed by atoms with Crippen molar-refractivity contribution >= 4 is 5.69 Å². The number of aliphatic hydroxyl groups excluding tert-OH is 1. The molecule has 0 bridgehead atoms. The highest BCUT2D eigenvalue weighted by Gasteiger charge is 2.20. The minimum absolute atomic E-state index is 0.157. The number of aryl methyl sites for hydroxylation is 1. The lowest BCUT2D eigenvalue weighted by atomic mass is 9.90. The van der Waals surface area contributed by atoms with Crippen molar-refractivity contribution in [2.45, 2.75) is 32.3 Å². The summed E-state index contributed by atoms with van der Waals surface area (Å²) in [5, 5.41) is 10.4. The van der Waals surface area contributed by atoms with Crippen LogP contribution in [-0.2, 0) is 6.42 Å². The van der Waals surface area contributed by atoms with Crippen LogP contribution < -0.4 is 10.6 Å². The van der Waals surface area contributed by atoms with Gasteiger partial charge in [-0.15, -0.1) is 0 Å². The molecule has 18 heavy (non-hydrogen) atoms. The number of rotatable bonds is 4. The first-order valence-electron chi connectivity index (χ1n) is 6.89. The lowest BCUT2D eigenvalue weighted by Gasteiger charge is -2.29. The normalized spacial score (nSPS) is 18.3. The van der Waals surface area contributed by atoms with E-state index in [0.29, 0.717) is 6.54 Å². The molecule has 3 nitrogen and oxygen atoms in total. The quantitative estimate of drug-likeness (QED) is 0.858. The van der Waals surface area contributed by atoms with E-state index in [1.165, 1.54) is 17.7 Å². The lowest BCUT2D eigenvalue weighted by molar-refractivity contribution is 0.110. The first kappa shape index (κ1) is 13.4. The molecule has 0 saturated heterocycles. The lowest BCUT2D eigenvalue weighted by Crippen LogP contribution is -2.25. The molecule has 1 aromatic carbocycles. The molecular weight excluding hydrogens is 224 g/mol. The number of nitrogens with zero attached hydrogens (tertiary/aromatic N) is 1. The van der Waals surface area contributed by atoms with Crippen molar-refractivity contribution in [3.05, 3.63) is 29.3 Å². The van der Waals surface area contributed by atoms with Crippen molar-refractivity contribution < 1.29 is 5.11 Å². The molecule has 0 fully saturated rings. The highest BCUT2D eigenvalue weighted by molar-refractivity contribution is 5.56. The van der Waals surface area contributed by atoms with E-state index in [1.54, 1.807) is 0 Å². The van der Waals surface area contributed by atoms with Crippen LogP contribution in [0.4, 0.5) is 5.69 Å².